The third-order valence-electron chi connectivity index (χ3n) is 4.41. The number of non-ortho nitro benzene ring substituents is 1. The highest BCUT2D eigenvalue weighted by atomic mass is 19.1. The van der Waals surface area contributed by atoms with Crippen molar-refractivity contribution >= 4 is 29.2 Å². The Labute approximate surface area is 162 Å². The zero-order valence-corrected chi connectivity index (χ0v) is 14.9. The SMILES string of the molecule is CC1(c2cc(F)ccc2F)NC(=O)N(CC(=O)Nc2ccc([N+](=O)[O-])cc2)C1=O. The number of halogens is 2. The maximum atomic E-state index is 14.1. The maximum Gasteiger partial charge on any atom is 0.325 e. The van der Waals surface area contributed by atoms with Crippen molar-refractivity contribution in [3.8, 4) is 0 Å². The highest BCUT2D eigenvalue weighted by Gasteiger charge is 2.50. The van der Waals surface area contributed by atoms with Gasteiger partial charge in [0.2, 0.25) is 5.91 Å². The Morgan fingerprint density at radius 3 is 2.48 bits per heavy atom. The molecule has 1 fully saturated rings. The first-order valence-corrected chi connectivity index (χ1v) is 8.26. The third-order valence-corrected chi connectivity index (χ3v) is 4.41. The largest absolute Gasteiger partial charge is 0.325 e. The smallest absolute Gasteiger partial charge is 0.325 e. The van der Waals surface area contributed by atoms with Crippen molar-refractivity contribution in [2.75, 3.05) is 11.9 Å². The summed E-state index contributed by atoms with van der Waals surface area (Å²) in [6.45, 7) is 0.521. The number of hydrogen-bond donors (Lipinski definition) is 2. The molecular formula is C18H14F2N4O5. The van der Waals surface area contributed by atoms with E-state index in [2.05, 4.69) is 10.6 Å². The van der Waals surface area contributed by atoms with E-state index in [-0.39, 0.29) is 16.9 Å². The Kier molecular flexibility index (Phi) is 4.97. The number of amides is 4. The van der Waals surface area contributed by atoms with Gasteiger partial charge >= 0.3 is 6.03 Å². The minimum absolute atomic E-state index is 0.176. The van der Waals surface area contributed by atoms with Gasteiger partial charge in [-0.1, -0.05) is 0 Å². The lowest BCUT2D eigenvalue weighted by atomic mass is 9.91. The summed E-state index contributed by atoms with van der Waals surface area (Å²) in [5.74, 6) is -3.36. The van der Waals surface area contributed by atoms with Gasteiger partial charge in [0.25, 0.3) is 11.6 Å². The molecule has 2 aromatic carbocycles. The molecule has 3 rings (SSSR count). The van der Waals surface area contributed by atoms with E-state index in [1.165, 1.54) is 31.2 Å². The van der Waals surface area contributed by atoms with E-state index in [0.717, 1.165) is 18.2 Å². The highest BCUT2D eigenvalue weighted by molar-refractivity contribution is 6.10. The minimum atomic E-state index is -1.88. The molecule has 1 saturated heterocycles. The van der Waals surface area contributed by atoms with Gasteiger partial charge in [-0.3, -0.25) is 24.6 Å². The van der Waals surface area contributed by atoms with Crippen molar-refractivity contribution in [3.05, 3.63) is 69.8 Å². The summed E-state index contributed by atoms with van der Waals surface area (Å²) in [6.07, 6.45) is 0. The molecule has 0 saturated carbocycles. The number of hydrogen-bond acceptors (Lipinski definition) is 5. The standard InChI is InChI=1S/C18H14F2N4O5/c1-18(13-8-10(19)2-7-14(13)20)16(26)23(17(27)22-18)9-15(25)21-11-3-5-12(6-4-11)24(28)29/h2-8H,9H2,1H3,(H,21,25)(H,22,27). The fourth-order valence-electron chi connectivity index (χ4n) is 2.91. The second kappa shape index (κ2) is 7.26. The van der Waals surface area contributed by atoms with Crippen LogP contribution in [0.1, 0.15) is 12.5 Å². The zero-order chi connectivity index (χ0) is 21.3. The lowest BCUT2D eigenvalue weighted by molar-refractivity contribution is -0.384. The number of carbonyl (C=O) groups excluding carboxylic acids is 3. The van der Waals surface area contributed by atoms with Crippen molar-refractivity contribution < 1.29 is 28.1 Å². The van der Waals surface area contributed by atoms with E-state index in [9.17, 15) is 33.3 Å². The van der Waals surface area contributed by atoms with E-state index in [1.807, 2.05) is 0 Å². The third kappa shape index (κ3) is 3.74. The Bertz CT molecular complexity index is 1030. The number of benzene rings is 2. The molecule has 1 heterocycles. The van der Waals surface area contributed by atoms with Crippen molar-refractivity contribution in [3.63, 3.8) is 0 Å². The molecule has 1 aliphatic heterocycles. The van der Waals surface area contributed by atoms with Crippen molar-refractivity contribution in [2.45, 2.75) is 12.5 Å². The van der Waals surface area contributed by atoms with E-state index >= 15 is 0 Å². The van der Waals surface area contributed by atoms with Crippen LogP contribution < -0.4 is 10.6 Å². The molecule has 0 bridgehead atoms. The van der Waals surface area contributed by atoms with Crippen LogP contribution in [0.5, 0.6) is 0 Å². The summed E-state index contributed by atoms with van der Waals surface area (Å²) >= 11 is 0. The van der Waals surface area contributed by atoms with Gasteiger partial charge in [-0.15, -0.1) is 0 Å². The molecule has 0 spiro atoms. The summed E-state index contributed by atoms with van der Waals surface area (Å²) in [7, 11) is 0. The van der Waals surface area contributed by atoms with Crippen molar-refractivity contribution in [1.82, 2.24) is 10.2 Å². The van der Waals surface area contributed by atoms with Crippen LogP contribution in [-0.2, 0) is 15.1 Å². The number of nitro benzene ring substituents is 1. The normalized spacial score (nSPS) is 18.5. The summed E-state index contributed by atoms with van der Waals surface area (Å²) < 4.78 is 27.6. The summed E-state index contributed by atoms with van der Waals surface area (Å²) in [4.78, 5) is 47.7. The predicted octanol–water partition coefficient (Wildman–Crippen LogP) is 2.28. The van der Waals surface area contributed by atoms with Gasteiger partial charge in [-0.2, -0.15) is 0 Å². The van der Waals surface area contributed by atoms with Crippen LogP contribution in [0.3, 0.4) is 0 Å². The summed E-state index contributed by atoms with van der Waals surface area (Å²) in [6, 6.07) is 6.48. The fraction of sp³-hybridized carbons (Fsp3) is 0.167. The summed E-state index contributed by atoms with van der Waals surface area (Å²) in [5, 5.41) is 15.3. The first kappa shape index (κ1) is 19.9. The number of imide groups is 1. The lowest BCUT2D eigenvalue weighted by Crippen LogP contribution is -2.42. The molecule has 1 unspecified atom stereocenters. The lowest BCUT2D eigenvalue weighted by Gasteiger charge is -2.22. The van der Waals surface area contributed by atoms with Gasteiger partial charge in [0.05, 0.1) is 4.92 Å². The quantitative estimate of drug-likeness (QED) is 0.450. The van der Waals surface area contributed by atoms with Crippen LogP contribution in [0, 0.1) is 21.7 Å². The number of rotatable bonds is 5. The average Bonchev–Trinajstić information content (AvgIpc) is 2.88. The Morgan fingerprint density at radius 2 is 1.86 bits per heavy atom. The number of urea groups is 1. The van der Waals surface area contributed by atoms with Crippen molar-refractivity contribution in [2.24, 2.45) is 0 Å². The number of nitrogens with one attached hydrogen (secondary N) is 2. The van der Waals surface area contributed by atoms with Crippen LogP contribution in [0.25, 0.3) is 0 Å². The molecule has 2 aromatic rings. The Morgan fingerprint density at radius 1 is 1.21 bits per heavy atom. The summed E-state index contributed by atoms with van der Waals surface area (Å²) in [5.41, 5.74) is -2.21. The average molecular weight is 404 g/mol. The molecule has 1 aliphatic rings. The van der Waals surface area contributed by atoms with E-state index in [0.29, 0.717) is 4.90 Å². The monoisotopic (exact) mass is 404 g/mol. The second-order valence-electron chi connectivity index (χ2n) is 6.42. The Hall–Kier alpha value is -3.89. The van der Waals surface area contributed by atoms with Crippen LogP contribution in [0.4, 0.5) is 25.0 Å². The van der Waals surface area contributed by atoms with E-state index in [1.54, 1.807) is 0 Å². The molecule has 11 heteroatoms. The molecule has 1 atom stereocenters. The molecule has 0 aromatic heterocycles. The van der Waals surface area contributed by atoms with Gasteiger partial charge in [0.1, 0.15) is 23.7 Å². The minimum Gasteiger partial charge on any atom is -0.325 e. The van der Waals surface area contributed by atoms with Gasteiger partial charge in [-0.05, 0) is 37.3 Å². The number of nitrogens with zero attached hydrogens (tertiary/aromatic N) is 2. The highest BCUT2D eigenvalue weighted by Crippen LogP contribution is 2.31. The fourth-order valence-corrected chi connectivity index (χ4v) is 2.91. The molecule has 0 aliphatic carbocycles. The molecule has 150 valence electrons. The van der Waals surface area contributed by atoms with Crippen LogP contribution >= 0.6 is 0 Å². The molecule has 4 amide bonds. The Balaban J connectivity index is 1.75. The molecule has 29 heavy (non-hydrogen) atoms. The second-order valence-corrected chi connectivity index (χ2v) is 6.42. The topological polar surface area (TPSA) is 122 Å². The van der Waals surface area contributed by atoms with Gasteiger partial charge in [0.15, 0.2) is 0 Å². The van der Waals surface area contributed by atoms with E-state index in [4.69, 9.17) is 0 Å². The molecular weight excluding hydrogens is 390 g/mol. The number of nitro groups is 1. The first-order chi connectivity index (χ1) is 13.6. The number of carbonyl (C=O) groups is 3. The van der Waals surface area contributed by atoms with Gasteiger partial charge in [-0.25, -0.2) is 13.6 Å². The van der Waals surface area contributed by atoms with Gasteiger partial charge in [0, 0.05) is 23.4 Å². The number of anilines is 1. The predicted molar refractivity (Wildman–Crippen MR) is 95.7 cm³/mol. The van der Waals surface area contributed by atoms with Gasteiger partial charge < -0.3 is 10.6 Å². The molecule has 9 nitrogen and oxygen atoms in total. The van der Waals surface area contributed by atoms with Crippen molar-refractivity contribution in [1.29, 1.82) is 0 Å². The first-order valence-electron chi connectivity index (χ1n) is 8.26. The zero-order valence-electron chi connectivity index (χ0n) is 14.9. The molecule has 2 N–H and O–H groups in total. The maximum absolute atomic E-state index is 14.1. The molecule has 0 radical (unpaired) electrons. The van der Waals surface area contributed by atoms with Crippen LogP contribution in [0.2, 0.25) is 0 Å². The van der Waals surface area contributed by atoms with Crippen LogP contribution in [0.15, 0.2) is 42.5 Å². The van der Waals surface area contributed by atoms with E-state index < -0.39 is 46.5 Å². The van der Waals surface area contributed by atoms with Crippen LogP contribution in [-0.4, -0.2) is 34.2 Å².